The second-order valence-corrected chi connectivity index (χ2v) is 4.98. The Morgan fingerprint density at radius 1 is 1.27 bits per heavy atom. The monoisotopic (exact) mass is 201 g/mol. The summed E-state index contributed by atoms with van der Waals surface area (Å²) in [6.07, 6.45) is 4.53. The van der Waals surface area contributed by atoms with E-state index in [-0.39, 0.29) is 0 Å². The van der Waals surface area contributed by atoms with Crippen molar-refractivity contribution in [3.63, 3.8) is 0 Å². The molecule has 2 nitrogen and oxygen atoms in total. The lowest BCUT2D eigenvalue weighted by molar-refractivity contribution is 0.318. The van der Waals surface area contributed by atoms with E-state index in [4.69, 9.17) is 5.21 Å². The second kappa shape index (κ2) is 2.84. The smallest absolute Gasteiger partial charge is 0.0873 e. The van der Waals surface area contributed by atoms with Crippen molar-refractivity contribution in [1.82, 2.24) is 0 Å². The van der Waals surface area contributed by atoms with Gasteiger partial charge in [-0.2, -0.15) is 0 Å². The van der Waals surface area contributed by atoms with Gasteiger partial charge in [-0.15, -0.1) is 0 Å². The summed E-state index contributed by atoms with van der Waals surface area (Å²) in [5.41, 5.74) is 5.24. The fraction of sp³-hybridized carbons (Fsp3) is 0.462. The van der Waals surface area contributed by atoms with Gasteiger partial charge in [0.1, 0.15) is 0 Å². The highest BCUT2D eigenvalue weighted by atomic mass is 16.4. The quantitative estimate of drug-likeness (QED) is 0.550. The minimum atomic E-state index is 0.439. The highest BCUT2D eigenvalue weighted by Gasteiger charge is 2.39. The van der Waals surface area contributed by atoms with Gasteiger partial charge in [0.25, 0.3) is 0 Å². The lowest BCUT2D eigenvalue weighted by atomic mass is 9.95. The summed E-state index contributed by atoms with van der Waals surface area (Å²) in [5, 5.41) is 12.2. The molecule has 0 aliphatic heterocycles. The zero-order valence-corrected chi connectivity index (χ0v) is 8.95. The summed E-state index contributed by atoms with van der Waals surface area (Å²) in [6, 6.07) is 6.62. The van der Waals surface area contributed by atoms with Crippen LogP contribution in [0.4, 0.5) is 0 Å². The molecule has 0 atom stereocenters. The third-order valence-corrected chi connectivity index (χ3v) is 3.86. The molecule has 0 saturated heterocycles. The molecule has 1 aromatic rings. The maximum Gasteiger partial charge on any atom is 0.0873 e. The number of nitrogens with zero attached hydrogens (tertiary/aromatic N) is 1. The van der Waals surface area contributed by atoms with E-state index >= 15 is 0 Å². The van der Waals surface area contributed by atoms with Crippen LogP contribution < -0.4 is 0 Å². The van der Waals surface area contributed by atoms with Crippen LogP contribution >= 0.6 is 0 Å². The molecule has 78 valence electrons. The van der Waals surface area contributed by atoms with Gasteiger partial charge in [0.2, 0.25) is 0 Å². The van der Waals surface area contributed by atoms with E-state index in [1.165, 1.54) is 24.0 Å². The maximum atomic E-state index is 8.84. The Morgan fingerprint density at radius 3 is 2.73 bits per heavy atom. The van der Waals surface area contributed by atoms with Crippen LogP contribution in [0.1, 0.15) is 42.9 Å². The lowest BCUT2D eigenvalue weighted by Gasteiger charge is -2.10. The average molecular weight is 201 g/mol. The Morgan fingerprint density at radius 2 is 2.07 bits per heavy atom. The topological polar surface area (TPSA) is 32.6 Å². The molecule has 1 N–H and O–H groups in total. The van der Waals surface area contributed by atoms with Crippen LogP contribution in [-0.2, 0) is 11.8 Å². The van der Waals surface area contributed by atoms with Crippen LogP contribution in [0.5, 0.6) is 0 Å². The number of oxime groups is 1. The molecule has 1 aromatic carbocycles. The molecule has 1 saturated carbocycles. The highest BCUT2D eigenvalue weighted by Crippen LogP contribution is 2.48. The summed E-state index contributed by atoms with van der Waals surface area (Å²) in [7, 11) is 0. The molecular weight excluding hydrogens is 186 g/mol. The molecule has 0 unspecified atom stereocenters. The Bertz CT molecular complexity index is 444. The number of rotatable bonds is 1. The summed E-state index contributed by atoms with van der Waals surface area (Å²) < 4.78 is 0. The van der Waals surface area contributed by atoms with Crippen LogP contribution in [0, 0.1) is 0 Å². The molecule has 0 radical (unpaired) electrons. The SMILES string of the molecule is CC1(c2ccc3c(c2)CCC3=NO)CC1. The third kappa shape index (κ3) is 1.28. The molecule has 2 aliphatic rings. The van der Waals surface area contributed by atoms with Gasteiger partial charge in [-0.05, 0) is 42.2 Å². The van der Waals surface area contributed by atoms with Gasteiger partial charge in [-0.3, -0.25) is 0 Å². The number of fused-ring (bicyclic) bond motifs is 1. The molecule has 15 heavy (non-hydrogen) atoms. The number of hydrogen-bond donors (Lipinski definition) is 1. The van der Waals surface area contributed by atoms with Crippen molar-refractivity contribution >= 4 is 5.71 Å². The molecule has 0 heterocycles. The molecule has 0 spiro atoms. The fourth-order valence-corrected chi connectivity index (χ4v) is 2.43. The summed E-state index contributed by atoms with van der Waals surface area (Å²) in [5.74, 6) is 0. The Labute approximate surface area is 89.6 Å². The molecule has 2 heteroatoms. The first-order valence-corrected chi connectivity index (χ1v) is 5.58. The Kier molecular flexibility index (Phi) is 1.70. The average Bonchev–Trinajstić information content (AvgIpc) is 2.88. The van der Waals surface area contributed by atoms with Gasteiger partial charge >= 0.3 is 0 Å². The summed E-state index contributed by atoms with van der Waals surface area (Å²) in [6.45, 7) is 2.32. The van der Waals surface area contributed by atoms with Crippen molar-refractivity contribution < 1.29 is 5.21 Å². The zero-order chi connectivity index (χ0) is 10.5. The second-order valence-electron chi connectivity index (χ2n) is 4.98. The van der Waals surface area contributed by atoms with Gasteiger partial charge in [0.05, 0.1) is 5.71 Å². The van der Waals surface area contributed by atoms with Gasteiger partial charge in [-0.25, -0.2) is 0 Å². The van der Waals surface area contributed by atoms with Crippen molar-refractivity contribution in [1.29, 1.82) is 0 Å². The van der Waals surface area contributed by atoms with Gasteiger partial charge in [0.15, 0.2) is 0 Å². The first kappa shape index (κ1) is 8.96. The fourth-order valence-electron chi connectivity index (χ4n) is 2.43. The third-order valence-electron chi connectivity index (χ3n) is 3.86. The first-order chi connectivity index (χ1) is 7.23. The maximum absolute atomic E-state index is 8.84. The van der Waals surface area contributed by atoms with Crippen molar-refractivity contribution in [2.45, 2.75) is 38.0 Å². The van der Waals surface area contributed by atoms with E-state index in [9.17, 15) is 0 Å². The van der Waals surface area contributed by atoms with Gasteiger partial charge in [0, 0.05) is 5.56 Å². The summed E-state index contributed by atoms with van der Waals surface area (Å²) >= 11 is 0. The van der Waals surface area contributed by atoms with E-state index in [1.54, 1.807) is 0 Å². The highest BCUT2D eigenvalue weighted by molar-refractivity contribution is 6.04. The number of benzene rings is 1. The molecule has 3 rings (SSSR count). The van der Waals surface area contributed by atoms with E-state index in [1.807, 2.05) is 0 Å². The molecular formula is C13H15NO. The van der Waals surface area contributed by atoms with E-state index < -0.39 is 0 Å². The number of aryl methyl sites for hydroxylation is 1. The van der Waals surface area contributed by atoms with Crippen LogP contribution in [-0.4, -0.2) is 10.9 Å². The molecule has 0 bridgehead atoms. The summed E-state index contributed by atoms with van der Waals surface area (Å²) in [4.78, 5) is 0. The number of hydrogen-bond acceptors (Lipinski definition) is 2. The first-order valence-electron chi connectivity index (χ1n) is 5.58. The van der Waals surface area contributed by atoms with Crippen molar-refractivity contribution in [2.24, 2.45) is 5.16 Å². The van der Waals surface area contributed by atoms with Crippen molar-refractivity contribution in [3.8, 4) is 0 Å². The minimum absolute atomic E-state index is 0.439. The molecule has 0 amide bonds. The van der Waals surface area contributed by atoms with Crippen molar-refractivity contribution in [2.75, 3.05) is 0 Å². The van der Waals surface area contributed by atoms with Crippen LogP contribution in [0.15, 0.2) is 23.4 Å². The van der Waals surface area contributed by atoms with Crippen LogP contribution in [0.2, 0.25) is 0 Å². The Balaban J connectivity index is 2.05. The predicted molar refractivity (Wildman–Crippen MR) is 59.7 cm³/mol. The zero-order valence-electron chi connectivity index (χ0n) is 8.95. The Hall–Kier alpha value is -1.31. The lowest BCUT2D eigenvalue weighted by Crippen LogP contribution is -2.01. The standard InChI is InChI=1S/C13H15NO/c1-13(6-7-13)10-3-4-11-9(8-10)2-5-12(11)14-15/h3-4,8,15H,2,5-7H2,1H3. The molecule has 1 fully saturated rings. The largest absolute Gasteiger partial charge is 0.411 e. The van der Waals surface area contributed by atoms with Gasteiger partial charge < -0.3 is 5.21 Å². The van der Waals surface area contributed by atoms with E-state index in [2.05, 4.69) is 30.3 Å². The molecule has 2 aliphatic carbocycles. The van der Waals surface area contributed by atoms with E-state index in [0.29, 0.717) is 5.41 Å². The van der Waals surface area contributed by atoms with Crippen LogP contribution in [0.3, 0.4) is 0 Å². The van der Waals surface area contributed by atoms with Gasteiger partial charge in [-0.1, -0.05) is 30.3 Å². The predicted octanol–water partition coefficient (Wildman–Crippen LogP) is 2.86. The normalized spacial score (nSPS) is 24.2. The van der Waals surface area contributed by atoms with Crippen LogP contribution in [0.25, 0.3) is 0 Å². The minimum Gasteiger partial charge on any atom is -0.411 e. The van der Waals surface area contributed by atoms with E-state index in [0.717, 1.165) is 24.1 Å². The molecule has 0 aromatic heterocycles. The van der Waals surface area contributed by atoms with Crippen molar-refractivity contribution in [3.05, 3.63) is 34.9 Å².